The highest BCUT2D eigenvalue weighted by atomic mass is 32.2. The van der Waals surface area contributed by atoms with E-state index < -0.39 is 10.0 Å². The third-order valence-electron chi connectivity index (χ3n) is 4.84. The van der Waals surface area contributed by atoms with Crippen molar-refractivity contribution in [1.29, 1.82) is 0 Å². The third kappa shape index (κ3) is 2.90. The van der Waals surface area contributed by atoms with Crippen molar-refractivity contribution in [1.82, 2.24) is 9.62 Å². The normalized spacial score (nSPS) is 24.8. The van der Waals surface area contributed by atoms with Crippen molar-refractivity contribution in [3.05, 3.63) is 35.4 Å². The standard InChI is InChI=1S/C16H20N2O4S/c1-17-23(21,22)12-8-6-11(7-9-12)10-18-15(19)13-4-2-3-5-14(13)16(18)20/h2-5,11-12,17H,6-10H2,1H3/t11-,12-. The van der Waals surface area contributed by atoms with Crippen molar-refractivity contribution < 1.29 is 18.0 Å². The van der Waals surface area contributed by atoms with Gasteiger partial charge in [0.05, 0.1) is 16.4 Å². The van der Waals surface area contributed by atoms with Crippen LogP contribution >= 0.6 is 0 Å². The van der Waals surface area contributed by atoms with Gasteiger partial charge in [-0.15, -0.1) is 0 Å². The summed E-state index contributed by atoms with van der Waals surface area (Å²) in [6.45, 7) is 0.374. The van der Waals surface area contributed by atoms with Crippen LogP contribution in [0.3, 0.4) is 0 Å². The summed E-state index contributed by atoms with van der Waals surface area (Å²) in [4.78, 5) is 26.0. The number of imide groups is 1. The lowest BCUT2D eigenvalue weighted by Gasteiger charge is -2.30. The van der Waals surface area contributed by atoms with Gasteiger partial charge in [-0.25, -0.2) is 13.1 Å². The minimum Gasteiger partial charge on any atom is -0.274 e. The van der Waals surface area contributed by atoms with Crippen LogP contribution in [0.25, 0.3) is 0 Å². The van der Waals surface area contributed by atoms with Crippen LogP contribution in [0.4, 0.5) is 0 Å². The van der Waals surface area contributed by atoms with Crippen molar-refractivity contribution in [2.24, 2.45) is 5.92 Å². The van der Waals surface area contributed by atoms with Gasteiger partial charge in [-0.3, -0.25) is 14.5 Å². The van der Waals surface area contributed by atoms with Gasteiger partial charge in [0, 0.05) is 6.54 Å². The zero-order chi connectivity index (χ0) is 16.6. The summed E-state index contributed by atoms with van der Waals surface area (Å²) in [5.74, 6) is -0.313. The number of hydrogen-bond donors (Lipinski definition) is 1. The number of hydrogen-bond acceptors (Lipinski definition) is 4. The van der Waals surface area contributed by atoms with Crippen molar-refractivity contribution in [3.8, 4) is 0 Å². The Bertz CT molecular complexity index is 701. The Morgan fingerprint density at radius 3 is 2.04 bits per heavy atom. The maximum absolute atomic E-state index is 12.3. The van der Waals surface area contributed by atoms with Crippen LogP contribution in [0.5, 0.6) is 0 Å². The first-order valence-corrected chi connectivity index (χ1v) is 9.36. The molecule has 2 aliphatic rings. The Morgan fingerprint density at radius 2 is 1.57 bits per heavy atom. The lowest BCUT2D eigenvalue weighted by molar-refractivity contribution is 0.0617. The molecule has 1 saturated carbocycles. The Labute approximate surface area is 135 Å². The summed E-state index contributed by atoms with van der Waals surface area (Å²) in [7, 11) is -1.80. The van der Waals surface area contributed by atoms with E-state index in [1.165, 1.54) is 11.9 Å². The number of carbonyl (C=O) groups excluding carboxylic acids is 2. The Morgan fingerprint density at radius 1 is 1.04 bits per heavy atom. The highest BCUT2D eigenvalue weighted by molar-refractivity contribution is 7.90. The number of sulfonamides is 1. The molecule has 7 heteroatoms. The fourth-order valence-electron chi connectivity index (χ4n) is 3.45. The molecule has 1 fully saturated rings. The second-order valence-electron chi connectivity index (χ2n) is 6.16. The molecular weight excluding hydrogens is 316 g/mol. The molecule has 1 aromatic carbocycles. The molecule has 0 radical (unpaired) electrons. The molecule has 1 N–H and O–H groups in total. The van der Waals surface area contributed by atoms with Crippen molar-refractivity contribution in [2.45, 2.75) is 30.9 Å². The summed E-state index contributed by atoms with van der Waals surface area (Å²) in [6.07, 6.45) is 2.55. The maximum atomic E-state index is 12.3. The van der Waals surface area contributed by atoms with E-state index in [1.54, 1.807) is 24.3 Å². The SMILES string of the molecule is CNS(=O)(=O)[C@H]1CC[C@H](CN2C(=O)c3ccccc3C2=O)CC1. The summed E-state index contributed by atoms with van der Waals surface area (Å²) in [6, 6.07) is 6.85. The third-order valence-corrected chi connectivity index (χ3v) is 6.75. The molecule has 124 valence electrons. The van der Waals surface area contributed by atoms with E-state index in [4.69, 9.17) is 0 Å². The first kappa shape index (κ1) is 16.1. The number of nitrogens with one attached hydrogen (secondary N) is 1. The zero-order valence-electron chi connectivity index (χ0n) is 13.0. The van der Waals surface area contributed by atoms with E-state index in [9.17, 15) is 18.0 Å². The van der Waals surface area contributed by atoms with Gasteiger partial charge < -0.3 is 0 Å². The molecule has 1 aliphatic heterocycles. The largest absolute Gasteiger partial charge is 0.274 e. The van der Waals surface area contributed by atoms with E-state index in [-0.39, 0.29) is 23.0 Å². The second-order valence-corrected chi connectivity index (χ2v) is 8.32. The molecule has 23 heavy (non-hydrogen) atoms. The Balaban J connectivity index is 1.65. The quantitative estimate of drug-likeness (QED) is 0.842. The average molecular weight is 336 g/mol. The first-order valence-electron chi connectivity index (χ1n) is 7.81. The first-order chi connectivity index (χ1) is 10.9. The van der Waals surface area contributed by atoms with Gasteiger partial charge in [-0.1, -0.05) is 12.1 Å². The van der Waals surface area contributed by atoms with E-state index >= 15 is 0 Å². The van der Waals surface area contributed by atoms with E-state index in [2.05, 4.69) is 4.72 Å². The predicted molar refractivity (Wildman–Crippen MR) is 85.5 cm³/mol. The molecule has 0 aromatic heterocycles. The molecule has 3 rings (SSSR count). The summed E-state index contributed by atoms with van der Waals surface area (Å²) in [5.41, 5.74) is 0.924. The number of benzene rings is 1. The summed E-state index contributed by atoms with van der Waals surface area (Å²) in [5, 5.41) is -0.370. The van der Waals surface area contributed by atoms with Crippen molar-refractivity contribution in [2.75, 3.05) is 13.6 Å². The van der Waals surface area contributed by atoms with Gasteiger partial charge in [0.2, 0.25) is 10.0 Å². The molecule has 1 aromatic rings. The molecule has 1 heterocycles. The van der Waals surface area contributed by atoms with Crippen LogP contribution in [0.2, 0.25) is 0 Å². The fourth-order valence-corrected chi connectivity index (χ4v) is 4.68. The monoisotopic (exact) mass is 336 g/mol. The minimum absolute atomic E-state index is 0.167. The molecule has 0 unspecified atom stereocenters. The van der Waals surface area contributed by atoms with Gasteiger partial charge in [-0.05, 0) is 50.8 Å². The number of carbonyl (C=O) groups is 2. The van der Waals surface area contributed by atoms with Gasteiger partial charge in [0.15, 0.2) is 0 Å². The molecule has 2 amide bonds. The molecule has 0 saturated heterocycles. The molecule has 0 bridgehead atoms. The van der Waals surface area contributed by atoms with Crippen LogP contribution < -0.4 is 4.72 Å². The van der Waals surface area contributed by atoms with Gasteiger partial charge in [-0.2, -0.15) is 0 Å². The van der Waals surface area contributed by atoms with E-state index in [0.29, 0.717) is 43.4 Å². The lowest BCUT2D eigenvalue weighted by atomic mass is 9.88. The van der Waals surface area contributed by atoms with Gasteiger partial charge in [0.1, 0.15) is 0 Å². The van der Waals surface area contributed by atoms with Crippen LogP contribution in [0.15, 0.2) is 24.3 Å². The number of fused-ring (bicyclic) bond motifs is 1. The molecule has 1 aliphatic carbocycles. The van der Waals surface area contributed by atoms with Crippen LogP contribution in [0.1, 0.15) is 46.4 Å². The average Bonchev–Trinajstić information content (AvgIpc) is 2.81. The molecule has 0 atom stereocenters. The van der Waals surface area contributed by atoms with E-state index in [0.717, 1.165) is 0 Å². The fraction of sp³-hybridized carbons (Fsp3) is 0.500. The predicted octanol–water partition coefficient (Wildman–Crippen LogP) is 1.39. The minimum atomic E-state index is -3.23. The highest BCUT2D eigenvalue weighted by Crippen LogP contribution is 2.31. The van der Waals surface area contributed by atoms with Crippen LogP contribution in [0, 0.1) is 5.92 Å². The Kier molecular flexibility index (Phi) is 4.25. The van der Waals surface area contributed by atoms with Gasteiger partial charge in [0.25, 0.3) is 11.8 Å². The molecule has 0 spiro atoms. The van der Waals surface area contributed by atoms with E-state index in [1.807, 2.05) is 0 Å². The topological polar surface area (TPSA) is 83.6 Å². The van der Waals surface area contributed by atoms with Gasteiger partial charge >= 0.3 is 0 Å². The highest BCUT2D eigenvalue weighted by Gasteiger charge is 2.38. The molecular formula is C16H20N2O4S. The number of rotatable bonds is 4. The van der Waals surface area contributed by atoms with Crippen LogP contribution in [-0.2, 0) is 10.0 Å². The summed E-state index contributed by atoms with van der Waals surface area (Å²) < 4.78 is 26.0. The van der Waals surface area contributed by atoms with Crippen molar-refractivity contribution in [3.63, 3.8) is 0 Å². The number of amides is 2. The lowest BCUT2D eigenvalue weighted by Crippen LogP contribution is -2.39. The van der Waals surface area contributed by atoms with Crippen LogP contribution in [-0.4, -0.2) is 44.0 Å². The second kappa shape index (κ2) is 6.05. The Hall–Kier alpha value is -1.73. The molecule has 6 nitrogen and oxygen atoms in total. The van der Waals surface area contributed by atoms with Crippen molar-refractivity contribution >= 4 is 21.8 Å². The summed E-state index contributed by atoms with van der Waals surface area (Å²) >= 11 is 0. The smallest absolute Gasteiger partial charge is 0.261 e. The zero-order valence-corrected chi connectivity index (χ0v) is 13.8. The maximum Gasteiger partial charge on any atom is 0.261 e. The number of nitrogens with zero attached hydrogens (tertiary/aromatic N) is 1.